The molecule has 0 aromatic rings. The van der Waals surface area contributed by atoms with Crippen LogP contribution in [0, 0.1) is 45.3 Å². The van der Waals surface area contributed by atoms with Crippen molar-refractivity contribution in [2.45, 2.75) is 195 Å². The highest BCUT2D eigenvalue weighted by atomic mass is 32.3. The predicted octanol–water partition coefficient (Wildman–Crippen LogP) is 6.72. The van der Waals surface area contributed by atoms with Gasteiger partial charge in [-0.15, -0.1) is 0 Å². The maximum atomic E-state index is 14.9. The van der Waals surface area contributed by atoms with E-state index >= 15 is 0 Å². The zero-order valence-electron chi connectivity index (χ0n) is 35.4. The third kappa shape index (κ3) is 21.8. The summed E-state index contributed by atoms with van der Waals surface area (Å²) in [7, 11) is -21.7. The molecule has 0 aromatic carbocycles. The van der Waals surface area contributed by atoms with E-state index in [0.717, 1.165) is 6.42 Å². The van der Waals surface area contributed by atoms with Crippen LogP contribution in [0.15, 0.2) is 0 Å². The molecule has 0 bridgehead atoms. The van der Waals surface area contributed by atoms with Gasteiger partial charge in [0.2, 0.25) is 10.0 Å². The average Bonchev–Trinajstić information content (AvgIpc) is 3.18. The summed E-state index contributed by atoms with van der Waals surface area (Å²) in [5.74, 6) is 0. The van der Waals surface area contributed by atoms with Gasteiger partial charge in [0.25, 0.3) is 30.1 Å². The van der Waals surface area contributed by atoms with Crippen molar-refractivity contribution in [3.05, 3.63) is 0 Å². The Balaban J connectivity index is 7.18. The molecule has 340 valence electrons. The van der Waals surface area contributed by atoms with Crippen molar-refractivity contribution in [1.82, 2.24) is 18.9 Å². The lowest BCUT2D eigenvalue weighted by atomic mass is 10.1. The predicted molar refractivity (Wildman–Crippen MR) is 232 cm³/mol. The number of sulfonamides is 4. The Morgan fingerprint density at radius 3 is 0.949 bits per heavy atom. The highest BCUT2D eigenvalue weighted by Gasteiger charge is 2.72. The molecule has 0 radical (unpaired) electrons. The van der Waals surface area contributed by atoms with Crippen LogP contribution in [-0.2, 0) is 40.1 Å². The van der Waals surface area contributed by atoms with Gasteiger partial charge in [0.15, 0.2) is 0 Å². The molecular weight excluding hydrogens is 837 g/mol. The molecule has 0 aliphatic rings. The van der Waals surface area contributed by atoms with Crippen LogP contribution < -0.4 is 18.9 Å². The Kier molecular flexibility index (Phi) is 31.9. The van der Waals surface area contributed by atoms with E-state index in [1.54, 1.807) is 0 Å². The molecule has 0 saturated carbocycles. The first-order valence-corrected chi connectivity index (χ1v) is 27.6. The number of nitriles is 4. The summed E-state index contributed by atoms with van der Waals surface area (Å²) in [5, 5.41) is 32.8. The second-order valence-electron chi connectivity index (χ2n) is 14.9. The SMILES string of the molecule is CCCCCC(C(S(=O)(=O)NCCCCCCCC#N)(S(=O)(=O)NCCCCCCCC#N)S(=O)(=O)NCCCCCCCC#N)S(=O)(=O)NCCCCCCCC#N. The van der Waals surface area contributed by atoms with E-state index in [9.17, 15) is 33.7 Å². The van der Waals surface area contributed by atoms with Gasteiger partial charge in [0.1, 0.15) is 5.25 Å². The lowest BCUT2D eigenvalue weighted by molar-refractivity contribution is 0.490. The Morgan fingerprint density at radius 1 is 0.390 bits per heavy atom. The van der Waals surface area contributed by atoms with Crippen molar-refractivity contribution in [3.8, 4) is 24.3 Å². The number of unbranched alkanes of at least 4 members (excludes halogenated alkanes) is 22. The van der Waals surface area contributed by atoms with E-state index in [1.807, 2.05) is 6.92 Å². The molecular formula is C39H72N8O8S4. The fraction of sp³-hybridized carbons (Fsp3) is 0.897. The number of hydrogen-bond acceptors (Lipinski definition) is 12. The fourth-order valence-corrected chi connectivity index (χ4v) is 18.3. The van der Waals surface area contributed by atoms with E-state index in [4.69, 9.17) is 21.0 Å². The Labute approximate surface area is 357 Å². The first-order chi connectivity index (χ1) is 28.2. The smallest absolute Gasteiger partial charge is 0.215 e. The Morgan fingerprint density at radius 2 is 0.661 bits per heavy atom. The molecule has 0 heterocycles. The highest BCUT2D eigenvalue weighted by Crippen LogP contribution is 2.40. The third-order valence-electron chi connectivity index (χ3n) is 10.0. The molecule has 16 nitrogen and oxygen atoms in total. The Hall–Kier alpha value is -2.40. The van der Waals surface area contributed by atoms with Gasteiger partial charge in [0, 0.05) is 51.9 Å². The van der Waals surface area contributed by atoms with Gasteiger partial charge in [-0.05, 0) is 57.8 Å². The minimum Gasteiger partial charge on any atom is -0.215 e. The lowest BCUT2D eigenvalue weighted by Crippen LogP contribution is -2.71. The van der Waals surface area contributed by atoms with E-state index in [0.29, 0.717) is 141 Å². The molecule has 59 heavy (non-hydrogen) atoms. The van der Waals surface area contributed by atoms with Gasteiger partial charge in [-0.25, -0.2) is 52.6 Å². The van der Waals surface area contributed by atoms with E-state index in [2.05, 4.69) is 43.2 Å². The van der Waals surface area contributed by atoms with Crippen molar-refractivity contribution in [2.75, 3.05) is 26.2 Å². The number of rotatable bonds is 41. The molecule has 0 rings (SSSR count). The van der Waals surface area contributed by atoms with Crippen LogP contribution in [0.3, 0.4) is 0 Å². The van der Waals surface area contributed by atoms with Gasteiger partial charge in [-0.2, -0.15) is 21.0 Å². The van der Waals surface area contributed by atoms with Crippen LogP contribution in [0.5, 0.6) is 0 Å². The monoisotopic (exact) mass is 908 g/mol. The first kappa shape index (κ1) is 56.6. The van der Waals surface area contributed by atoms with Crippen molar-refractivity contribution < 1.29 is 33.7 Å². The minimum atomic E-state index is -5.58. The summed E-state index contributed by atoms with van der Waals surface area (Å²) in [5.41, 5.74) is 0. The largest absolute Gasteiger partial charge is 0.330 e. The summed E-state index contributed by atoms with van der Waals surface area (Å²) in [6.45, 7) is 0.597. The molecule has 0 amide bonds. The molecule has 1 atom stereocenters. The topological polar surface area (TPSA) is 280 Å². The summed E-state index contributed by atoms with van der Waals surface area (Å²) in [4.78, 5) is 0. The van der Waals surface area contributed by atoms with Crippen LogP contribution >= 0.6 is 0 Å². The number of nitrogens with one attached hydrogen (secondary N) is 4. The third-order valence-corrected chi connectivity index (χ3v) is 21.2. The standard InChI is InChI=1S/C39H72N8O8S4/c1-2-3-20-29-38(56(48,49)44-34-25-16-8-4-12-21-30-40)39(57(50,51)45-35-26-17-9-5-13-22-31-41,58(52,53)46-36-27-18-10-6-14-23-32-42)59(54,55)47-37-28-19-11-7-15-24-33-43/h38,44-47H,2-29,34-37H2,1H3. The van der Waals surface area contributed by atoms with Crippen molar-refractivity contribution in [1.29, 1.82) is 21.0 Å². The van der Waals surface area contributed by atoms with Crippen LogP contribution in [0.1, 0.15) is 187 Å². The fourth-order valence-electron chi connectivity index (χ4n) is 6.73. The second kappa shape index (κ2) is 33.3. The molecule has 0 saturated heterocycles. The molecule has 0 spiro atoms. The molecule has 0 aliphatic carbocycles. The van der Waals surface area contributed by atoms with E-state index in [1.165, 1.54) is 0 Å². The zero-order chi connectivity index (χ0) is 44.4. The van der Waals surface area contributed by atoms with Gasteiger partial charge in [-0.1, -0.05) is 103 Å². The molecule has 0 fully saturated rings. The number of hydrogen-bond donors (Lipinski definition) is 4. The zero-order valence-corrected chi connectivity index (χ0v) is 38.7. The number of nitrogens with zero attached hydrogens (tertiary/aromatic N) is 4. The van der Waals surface area contributed by atoms with Crippen LogP contribution in [-0.4, -0.2) is 68.5 Å². The van der Waals surface area contributed by atoms with Crippen molar-refractivity contribution in [2.24, 2.45) is 0 Å². The van der Waals surface area contributed by atoms with Crippen molar-refractivity contribution >= 4 is 40.1 Å². The average molecular weight is 909 g/mol. The first-order valence-electron chi connectivity index (χ1n) is 21.6. The van der Waals surface area contributed by atoms with Crippen LogP contribution in [0.25, 0.3) is 0 Å². The van der Waals surface area contributed by atoms with Gasteiger partial charge in [0.05, 0.1) is 24.3 Å². The second-order valence-corrected chi connectivity index (χ2v) is 23.5. The molecule has 0 aromatic heterocycles. The maximum Gasteiger partial charge on any atom is 0.330 e. The van der Waals surface area contributed by atoms with E-state index in [-0.39, 0.29) is 51.9 Å². The summed E-state index contributed by atoms with van der Waals surface area (Å²) in [6, 6.07) is 8.27. The maximum absolute atomic E-state index is 14.9. The van der Waals surface area contributed by atoms with Crippen LogP contribution in [0.2, 0.25) is 0 Å². The van der Waals surface area contributed by atoms with Gasteiger partial charge < -0.3 is 0 Å². The minimum absolute atomic E-state index is 0.0252. The molecule has 1 unspecified atom stereocenters. The molecule has 20 heteroatoms. The van der Waals surface area contributed by atoms with E-state index < -0.39 is 55.2 Å². The summed E-state index contributed by atoms with van der Waals surface area (Å²) < 4.78 is 123. The molecule has 0 aliphatic heterocycles. The summed E-state index contributed by atoms with van der Waals surface area (Å²) >= 11 is 0. The Bertz CT molecular complexity index is 1600. The normalized spacial score (nSPS) is 13.0. The van der Waals surface area contributed by atoms with Crippen LogP contribution in [0.4, 0.5) is 0 Å². The quantitative estimate of drug-likeness (QED) is 0.0465. The lowest BCUT2D eigenvalue weighted by Gasteiger charge is -2.38. The van der Waals surface area contributed by atoms with Gasteiger partial charge >= 0.3 is 3.41 Å². The summed E-state index contributed by atoms with van der Waals surface area (Å²) in [6.07, 6.45) is 13.1. The molecule has 4 N–H and O–H groups in total. The highest BCUT2D eigenvalue weighted by molar-refractivity contribution is 8.25. The van der Waals surface area contributed by atoms with Gasteiger partial charge in [-0.3, -0.25) is 0 Å². The van der Waals surface area contributed by atoms with Crippen molar-refractivity contribution in [3.63, 3.8) is 0 Å².